The highest BCUT2D eigenvalue weighted by Gasteiger charge is 2.31. The number of alkyl halides is 2. The first-order valence-corrected chi connectivity index (χ1v) is 7.77. The lowest BCUT2D eigenvalue weighted by Crippen LogP contribution is -2.33. The molecule has 1 aromatic heterocycles. The van der Waals surface area contributed by atoms with Gasteiger partial charge in [-0.25, -0.2) is 4.98 Å². The summed E-state index contributed by atoms with van der Waals surface area (Å²) in [7, 11) is 0. The van der Waals surface area contributed by atoms with E-state index in [9.17, 15) is 0 Å². The number of aromatic nitrogens is 1. The summed E-state index contributed by atoms with van der Waals surface area (Å²) >= 11 is 14.0. The molecule has 96 valence electrons. The maximum absolute atomic E-state index is 6.21. The number of nitrogens with zero attached hydrogens (tertiary/aromatic N) is 1. The molecule has 0 spiro atoms. The smallest absolute Gasteiger partial charge is 0.0794 e. The minimum Gasteiger partial charge on any atom is -0.250 e. The van der Waals surface area contributed by atoms with Crippen molar-refractivity contribution in [3.8, 4) is 0 Å². The second-order valence-electron chi connectivity index (χ2n) is 4.57. The zero-order valence-corrected chi connectivity index (χ0v) is 12.5. The summed E-state index contributed by atoms with van der Waals surface area (Å²) in [6.07, 6.45) is 0.784. The van der Waals surface area contributed by atoms with Gasteiger partial charge in [0.25, 0.3) is 0 Å². The number of aryl methyl sites for hydroxylation is 1. The molecule has 0 amide bonds. The molecule has 0 aliphatic carbocycles. The molecule has 1 nitrogen and oxygen atoms in total. The maximum atomic E-state index is 6.21. The van der Waals surface area contributed by atoms with Crippen LogP contribution in [0.15, 0.2) is 35.2 Å². The molecule has 1 aromatic carbocycles. The van der Waals surface area contributed by atoms with Crippen LogP contribution < -0.4 is 0 Å². The number of hydrogen-bond acceptors (Lipinski definition) is 2. The summed E-state index contributed by atoms with van der Waals surface area (Å²) in [4.78, 5) is 4.34. The molecule has 0 radical (unpaired) electrons. The molecule has 0 bridgehead atoms. The van der Waals surface area contributed by atoms with Crippen LogP contribution in [0.4, 0.5) is 0 Å². The summed E-state index contributed by atoms with van der Waals surface area (Å²) in [5.41, 5.74) is 5.10. The number of hydrogen-bond donors (Lipinski definition) is 0. The van der Waals surface area contributed by atoms with Crippen LogP contribution in [-0.4, -0.2) is 16.7 Å². The molecular weight excluding hydrogens is 285 g/mol. The molecule has 0 aliphatic heterocycles. The molecule has 0 unspecified atom stereocenters. The third-order valence-electron chi connectivity index (χ3n) is 3.18. The molecule has 0 N–H and O–H groups in total. The highest BCUT2D eigenvalue weighted by atomic mass is 35.5. The van der Waals surface area contributed by atoms with Gasteiger partial charge in [0.15, 0.2) is 0 Å². The number of halogens is 2. The first kappa shape index (κ1) is 13.9. The first-order chi connectivity index (χ1) is 8.70. The van der Waals surface area contributed by atoms with Crippen molar-refractivity contribution in [1.29, 1.82) is 0 Å². The van der Waals surface area contributed by atoms with Gasteiger partial charge in [-0.1, -0.05) is 29.8 Å². The quantitative estimate of drug-likeness (QED) is 0.745. The minimum atomic E-state index is -0.231. The van der Waals surface area contributed by atoms with Crippen molar-refractivity contribution in [3.63, 3.8) is 0 Å². The number of thiazole rings is 1. The van der Waals surface area contributed by atoms with Gasteiger partial charge in [-0.15, -0.1) is 34.5 Å². The summed E-state index contributed by atoms with van der Waals surface area (Å²) in [5, 5.41) is 2.06. The Labute approximate surface area is 122 Å². The average molecular weight is 300 g/mol. The van der Waals surface area contributed by atoms with Gasteiger partial charge >= 0.3 is 0 Å². The molecule has 1 heterocycles. The van der Waals surface area contributed by atoms with Crippen LogP contribution >= 0.6 is 34.5 Å². The summed E-state index contributed by atoms with van der Waals surface area (Å²) in [6, 6.07) is 8.44. The lowest BCUT2D eigenvalue weighted by atomic mass is 9.80. The van der Waals surface area contributed by atoms with Gasteiger partial charge in [-0.05, 0) is 12.5 Å². The highest BCUT2D eigenvalue weighted by Crippen LogP contribution is 2.31. The predicted octanol–water partition coefficient (Wildman–Crippen LogP) is 4.41. The van der Waals surface area contributed by atoms with Gasteiger partial charge < -0.3 is 0 Å². The fourth-order valence-electron chi connectivity index (χ4n) is 1.97. The summed E-state index contributed by atoms with van der Waals surface area (Å²) < 4.78 is 0. The van der Waals surface area contributed by atoms with Crippen molar-refractivity contribution < 1.29 is 0 Å². The van der Waals surface area contributed by atoms with E-state index >= 15 is 0 Å². The van der Waals surface area contributed by atoms with Crippen LogP contribution in [0.2, 0.25) is 0 Å². The van der Waals surface area contributed by atoms with E-state index in [1.54, 1.807) is 11.3 Å². The van der Waals surface area contributed by atoms with E-state index in [0.29, 0.717) is 11.8 Å². The average Bonchev–Trinajstić information content (AvgIpc) is 2.90. The van der Waals surface area contributed by atoms with Gasteiger partial charge in [0, 0.05) is 29.0 Å². The monoisotopic (exact) mass is 299 g/mol. The molecule has 0 fully saturated rings. The van der Waals surface area contributed by atoms with Crippen LogP contribution in [0.3, 0.4) is 0 Å². The SMILES string of the molecule is Cc1ccc(C(CCl)(CCl)Cc2cscn2)cc1. The zero-order chi connectivity index (χ0) is 13.0. The van der Waals surface area contributed by atoms with Crippen molar-refractivity contribution in [1.82, 2.24) is 4.98 Å². The molecule has 2 aromatic rings. The van der Waals surface area contributed by atoms with Gasteiger partial charge in [0.05, 0.1) is 11.2 Å². The standard InChI is InChI=1S/C14H15Cl2NS/c1-11-2-4-12(5-3-11)14(8-15,9-16)6-13-7-18-10-17-13/h2-5,7,10H,6,8-9H2,1H3. The molecule has 0 aliphatic rings. The van der Waals surface area contributed by atoms with Crippen molar-refractivity contribution in [2.75, 3.05) is 11.8 Å². The van der Waals surface area contributed by atoms with Gasteiger partial charge in [-0.2, -0.15) is 0 Å². The third kappa shape index (κ3) is 2.87. The Hall–Kier alpha value is -0.570. The molecule has 4 heteroatoms. The normalized spacial score (nSPS) is 11.7. The number of benzene rings is 1. The van der Waals surface area contributed by atoms with Crippen molar-refractivity contribution in [3.05, 3.63) is 52.0 Å². The Morgan fingerprint density at radius 3 is 2.33 bits per heavy atom. The van der Waals surface area contributed by atoms with Crippen LogP contribution in [0, 0.1) is 6.92 Å². The Morgan fingerprint density at radius 2 is 1.83 bits per heavy atom. The van der Waals surface area contributed by atoms with Crippen LogP contribution in [0.1, 0.15) is 16.8 Å². The Balaban J connectivity index is 2.33. The second-order valence-corrected chi connectivity index (χ2v) is 5.82. The number of rotatable bonds is 5. The van der Waals surface area contributed by atoms with Gasteiger partial charge in [-0.3, -0.25) is 0 Å². The fraction of sp³-hybridized carbons (Fsp3) is 0.357. The van der Waals surface area contributed by atoms with Gasteiger partial charge in [0.2, 0.25) is 0 Å². The van der Waals surface area contributed by atoms with Gasteiger partial charge in [0.1, 0.15) is 0 Å². The topological polar surface area (TPSA) is 12.9 Å². The van der Waals surface area contributed by atoms with E-state index in [1.807, 2.05) is 5.51 Å². The van der Waals surface area contributed by atoms with Crippen molar-refractivity contribution in [2.45, 2.75) is 18.8 Å². The van der Waals surface area contributed by atoms with Crippen molar-refractivity contribution >= 4 is 34.5 Å². The molecular formula is C14H15Cl2NS. The molecule has 18 heavy (non-hydrogen) atoms. The van der Waals surface area contributed by atoms with Crippen LogP contribution in [0.5, 0.6) is 0 Å². The summed E-state index contributed by atoms with van der Waals surface area (Å²) in [6.45, 7) is 2.08. The summed E-state index contributed by atoms with van der Waals surface area (Å²) in [5.74, 6) is 0.994. The maximum Gasteiger partial charge on any atom is 0.0794 e. The first-order valence-electron chi connectivity index (χ1n) is 5.76. The second kappa shape index (κ2) is 6.05. The van der Waals surface area contributed by atoms with E-state index in [2.05, 4.69) is 41.6 Å². The largest absolute Gasteiger partial charge is 0.250 e. The highest BCUT2D eigenvalue weighted by molar-refractivity contribution is 7.07. The Morgan fingerprint density at radius 1 is 1.17 bits per heavy atom. The lowest BCUT2D eigenvalue weighted by Gasteiger charge is -2.29. The van der Waals surface area contributed by atoms with E-state index < -0.39 is 0 Å². The third-order valence-corrected chi connectivity index (χ3v) is 4.84. The fourth-order valence-corrected chi connectivity index (χ4v) is 3.31. The Kier molecular flexibility index (Phi) is 4.66. The zero-order valence-electron chi connectivity index (χ0n) is 10.2. The minimum absolute atomic E-state index is 0.231. The molecule has 0 saturated carbocycles. The molecule has 0 atom stereocenters. The lowest BCUT2D eigenvalue weighted by molar-refractivity contribution is 0.530. The molecule has 0 saturated heterocycles. The van der Waals surface area contributed by atoms with Crippen LogP contribution in [-0.2, 0) is 11.8 Å². The predicted molar refractivity (Wildman–Crippen MR) is 80.1 cm³/mol. The van der Waals surface area contributed by atoms with E-state index in [-0.39, 0.29) is 5.41 Å². The molecule has 2 rings (SSSR count). The van der Waals surface area contributed by atoms with Crippen molar-refractivity contribution in [2.24, 2.45) is 0 Å². The van der Waals surface area contributed by atoms with E-state index in [0.717, 1.165) is 12.1 Å². The van der Waals surface area contributed by atoms with Crippen LogP contribution in [0.25, 0.3) is 0 Å². The Bertz CT molecular complexity index is 475. The van der Waals surface area contributed by atoms with E-state index in [4.69, 9.17) is 23.2 Å². The van der Waals surface area contributed by atoms with E-state index in [1.165, 1.54) is 11.1 Å².